The van der Waals surface area contributed by atoms with E-state index in [1.807, 2.05) is 12.3 Å². The minimum Gasteiger partial charge on any atom is -0.383 e. The molecule has 2 rings (SSSR count). The van der Waals surface area contributed by atoms with Gasteiger partial charge in [-0.2, -0.15) is 0 Å². The molecule has 1 N–H and O–H groups in total. The van der Waals surface area contributed by atoms with E-state index in [-0.39, 0.29) is 11.8 Å². The summed E-state index contributed by atoms with van der Waals surface area (Å²) in [5.41, 5.74) is 1.20. The van der Waals surface area contributed by atoms with Crippen LogP contribution in [0.15, 0.2) is 24.5 Å². The summed E-state index contributed by atoms with van der Waals surface area (Å²) in [6, 6.07) is 4.55. The Labute approximate surface area is 126 Å². The number of nitrogens with zero attached hydrogens (tertiary/aromatic N) is 2. The third-order valence-electron chi connectivity index (χ3n) is 4.10. The van der Waals surface area contributed by atoms with Crippen LogP contribution < -0.4 is 5.32 Å². The molecule has 21 heavy (non-hydrogen) atoms. The zero-order chi connectivity index (χ0) is 15.1. The van der Waals surface area contributed by atoms with E-state index in [4.69, 9.17) is 4.74 Å². The maximum atomic E-state index is 12.2. The molecular weight excluding hydrogens is 266 g/mol. The average molecular weight is 291 g/mol. The number of likely N-dealkylation sites (tertiary alicyclic amines) is 1. The highest BCUT2D eigenvalue weighted by atomic mass is 16.5. The molecule has 5 nitrogen and oxygen atoms in total. The number of hydrogen-bond acceptors (Lipinski definition) is 4. The molecule has 0 aromatic carbocycles. The molecule has 1 fully saturated rings. The fourth-order valence-electron chi connectivity index (χ4n) is 2.76. The number of carbonyl (C=O) groups excluding carboxylic acids is 1. The van der Waals surface area contributed by atoms with Gasteiger partial charge in [-0.3, -0.25) is 14.7 Å². The maximum Gasteiger partial charge on any atom is 0.224 e. The molecular formula is C16H25N3O2. The summed E-state index contributed by atoms with van der Waals surface area (Å²) in [5, 5.41) is 2.95. The molecule has 0 bridgehead atoms. The van der Waals surface area contributed by atoms with Gasteiger partial charge in [-0.05, 0) is 31.4 Å². The second-order valence-electron chi connectivity index (χ2n) is 5.70. The van der Waals surface area contributed by atoms with Gasteiger partial charge < -0.3 is 10.1 Å². The molecule has 2 atom stereocenters. The van der Waals surface area contributed by atoms with Crippen molar-refractivity contribution in [3.05, 3.63) is 30.1 Å². The van der Waals surface area contributed by atoms with Gasteiger partial charge in [-0.25, -0.2) is 0 Å². The van der Waals surface area contributed by atoms with Crippen LogP contribution in [-0.4, -0.2) is 48.6 Å². The van der Waals surface area contributed by atoms with Crippen LogP contribution in [-0.2, 0) is 16.1 Å². The Hall–Kier alpha value is -1.46. The number of methoxy groups -OCH3 is 1. The molecule has 1 aliphatic heterocycles. The number of nitrogens with one attached hydrogen (secondary N) is 1. The predicted molar refractivity (Wildman–Crippen MR) is 81.7 cm³/mol. The van der Waals surface area contributed by atoms with Crippen LogP contribution >= 0.6 is 0 Å². The maximum absolute atomic E-state index is 12.2. The van der Waals surface area contributed by atoms with E-state index in [1.54, 1.807) is 13.3 Å². The lowest BCUT2D eigenvalue weighted by atomic mass is 9.92. The third-order valence-corrected chi connectivity index (χ3v) is 4.10. The van der Waals surface area contributed by atoms with Gasteiger partial charge in [-0.1, -0.05) is 6.07 Å². The van der Waals surface area contributed by atoms with Gasteiger partial charge in [0, 0.05) is 45.2 Å². The number of carbonyl (C=O) groups is 1. The highest BCUT2D eigenvalue weighted by Gasteiger charge is 2.29. The van der Waals surface area contributed by atoms with E-state index in [1.165, 1.54) is 5.56 Å². The van der Waals surface area contributed by atoms with Crippen LogP contribution in [0.1, 0.15) is 25.3 Å². The fourth-order valence-corrected chi connectivity index (χ4v) is 2.76. The van der Waals surface area contributed by atoms with Crippen molar-refractivity contribution >= 4 is 5.91 Å². The van der Waals surface area contributed by atoms with Crippen LogP contribution in [0.5, 0.6) is 0 Å². The van der Waals surface area contributed by atoms with E-state index < -0.39 is 0 Å². The smallest absolute Gasteiger partial charge is 0.224 e. The van der Waals surface area contributed by atoms with Crippen molar-refractivity contribution in [1.29, 1.82) is 0 Å². The fraction of sp³-hybridized carbons (Fsp3) is 0.625. The first kappa shape index (κ1) is 15.9. The summed E-state index contributed by atoms with van der Waals surface area (Å²) in [4.78, 5) is 18.7. The number of hydrogen-bond donors (Lipinski definition) is 1. The first-order chi connectivity index (χ1) is 10.2. The first-order valence-electron chi connectivity index (χ1n) is 7.60. The molecule has 2 heterocycles. The van der Waals surface area contributed by atoms with Gasteiger partial charge in [0.15, 0.2) is 0 Å². The first-order valence-corrected chi connectivity index (χ1v) is 7.60. The SMILES string of the molecule is COCCNC(=O)[C@@H]1CC[C@@H](C)N(Cc2cccnc2)C1. The van der Waals surface area contributed by atoms with Crippen LogP contribution in [0.3, 0.4) is 0 Å². The monoisotopic (exact) mass is 291 g/mol. The Balaban J connectivity index is 1.88. The average Bonchev–Trinajstić information content (AvgIpc) is 2.50. The number of rotatable bonds is 6. The lowest BCUT2D eigenvalue weighted by Crippen LogP contribution is -2.46. The molecule has 0 unspecified atom stereocenters. The number of amides is 1. The van der Waals surface area contributed by atoms with E-state index in [2.05, 4.69) is 28.2 Å². The van der Waals surface area contributed by atoms with Crippen molar-refractivity contribution in [2.24, 2.45) is 5.92 Å². The summed E-state index contributed by atoms with van der Waals surface area (Å²) >= 11 is 0. The lowest BCUT2D eigenvalue weighted by molar-refractivity contribution is -0.127. The molecule has 1 aliphatic rings. The number of piperidine rings is 1. The van der Waals surface area contributed by atoms with Gasteiger partial charge in [-0.15, -0.1) is 0 Å². The molecule has 1 aromatic rings. The second-order valence-corrected chi connectivity index (χ2v) is 5.70. The highest BCUT2D eigenvalue weighted by molar-refractivity contribution is 5.78. The molecule has 0 spiro atoms. The molecule has 1 amide bonds. The number of pyridine rings is 1. The molecule has 0 radical (unpaired) electrons. The lowest BCUT2D eigenvalue weighted by Gasteiger charge is -2.37. The van der Waals surface area contributed by atoms with Crippen LogP contribution in [0.2, 0.25) is 0 Å². The van der Waals surface area contributed by atoms with Gasteiger partial charge >= 0.3 is 0 Å². The van der Waals surface area contributed by atoms with E-state index >= 15 is 0 Å². The van der Waals surface area contributed by atoms with Gasteiger partial charge in [0.1, 0.15) is 0 Å². The minimum atomic E-state index is 0.0785. The van der Waals surface area contributed by atoms with Crippen molar-refractivity contribution in [3.8, 4) is 0 Å². The van der Waals surface area contributed by atoms with Crippen LogP contribution in [0.4, 0.5) is 0 Å². The molecule has 0 saturated carbocycles. The predicted octanol–water partition coefficient (Wildman–Crippen LogP) is 1.44. The Morgan fingerprint density at radius 2 is 2.38 bits per heavy atom. The molecule has 1 aromatic heterocycles. The van der Waals surface area contributed by atoms with Gasteiger partial charge in [0.2, 0.25) is 5.91 Å². The van der Waals surface area contributed by atoms with E-state index in [0.29, 0.717) is 19.2 Å². The van der Waals surface area contributed by atoms with Crippen molar-refractivity contribution in [1.82, 2.24) is 15.2 Å². The molecule has 1 saturated heterocycles. The Kier molecular flexibility index (Phi) is 6.14. The summed E-state index contributed by atoms with van der Waals surface area (Å²) in [7, 11) is 1.64. The Morgan fingerprint density at radius 3 is 3.10 bits per heavy atom. The van der Waals surface area contributed by atoms with Crippen LogP contribution in [0.25, 0.3) is 0 Å². The zero-order valence-electron chi connectivity index (χ0n) is 12.9. The summed E-state index contributed by atoms with van der Waals surface area (Å²) in [5.74, 6) is 0.227. The summed E-state index contributed by atoms with van der Waals surface area (Å²) in [6.45, 7) is 5.05. The Bertz CT molecular complexity index is 438. The number of aromatic nitrogens is 1. The largest absolute Gasteiger partial charge is 0.383 e. The minimum absolute atomic E-state index is 0.0785. The molecule has 5 heteroatoms. The van der Waals surface area contributed by atoms with E-state index in [9.17, 15) is 4.79 Å². The van der Waals surface area contributed by atoms with Crippen molar-refractivity contribution in [2.45, 2.75) is 32.4 Å². The van der Waals surface area contributed by atoms with Gasteiger partial charge in [0.05, 0.1) is 12.5 Å². The van der Waals surface area contributed by atoms with Crippen molar-refractivity contribution in [2.75, 3.05) is 26.8 Å². The topological polar surface area (TPSA) is 54.5 Å². The quantitative estimate of drug-likeness (QED) is 0.806. The summed E-state index contributed by atoms with van der Waals surface area (Å²) < 4.78 is 4.96. The zero-order valence-corrected chi connectivity index (χ0v) is 12.9. The normalized spacial score (nSPS) is 23.0. The number of ether oxygens (including phenoxy) is 1. The second kappa shape index (κ2) is 8.10. The van der Waals surface area contributed by atoms with E-state index in [0.717, 1.165) is 25.9 Å². The molecule has 0 aliphatic carbocycles. The standard InChI is InChI=1S/C16H25N3O2/c1-13-5-6-15(16(20)18-8-9-21-2)12-19(13)11-14-4-3-7-17-10-14/h3-4,7,10,13,15H,5-6,8-9,11-12H2,1-2H3,(H,18,20)/t13-,15-/m1/s1. The van der Waals surface area contributed by atoms with Crippen molar-refractivity contribution in [3.63, 3.8) is 0 Å². The summed E-state index contributed by atoms with van der Waals surface area (Å²) in [6.07, 6.45) is 5.70. The Morgan fingerprint density at radius 1 is 1.52 bits per heavy atom. The van der Waals surface area contributed by atoms with Crippen LogP contribution in [0, 0.1) is 5.92 Å². The molecule has 116 valence electrons. The van der Waals surface area contributed by atoms with Crippen molar-refractivity contribution < 1.29 is 9.53 Å². The highest BCUT2D eigenvalue weighted by Crippen LogP contribution is 2.23. The van der Waals surface area contributed by atoms with Gasteiger partial charge in [0.25, 0.3) is 0 Å². The third kappa shape index (κ3) is 4.79.